The number of hydrogen-bond donors (Lipinski definition) is 4. The van der Waals surface area contributed by atoms with Crippen LogP contribution < -0.4 is 0 Å². The van der Waals surface area contributed by atoms with Gasteiger partial charge in [0.1, 0.15) is 0 Å². The van der Waals surface area contributed by atoms with E-state index in [4.69, 9.17) is 19.2 Å². The summed E-state index contributed by atoms with van der Waals surface area (Å²) < 4.78 is 7.58. The van der Waals surface area contributed by atoms with Gasteiger partial charge in [0.2, 0.25) is 0 Å². The standard InChI is InChI=1S/H4O6Si2/c1-7(2)5-8(3,4)6-7/h1-4H. The number of hydrogen-bond acceptors (Lipinski definition) is 6. The molecule has 0 bridgehead atoms. The Balaban J connectivity index is 2.42. The van der Waals surface area contributed by atoms with Crippen molar-refractivity contribution in [1.82, 2.24) is 0 Å². The molecule has 0 spiro atoms. The normalized spacial score (nSPS) is 31.5. The Morgan fingerprint density at radius 1 is 0.750 bits per heavy atom. The second kappa shape index (κ2) is 1.37. The van der Waals surface area contributed by atoms with Crippen molar-refractivity contribution in [2.24, 2.45) is 0 Å². The zero-order chi connectivity index (χ0) is 6.41. The number of rotatable bonds is 0. The summed E-state index contributed by atoms with van der Waals surface area (Å²) >= 11 is 0. The molecule has 0 aromatic carbocycles. The van der Waals surface area contributed by atoms with Crippen molar-refractivity contribution in [1.29, 1.82) is 0 Å². The largest absolute Gasteiger partial charge is 0.662 e. The third-order valence-electron chi connectivity index (χ3n) is 0.532. The summed E-state index contributed by atoms with van der Waals surface area (Å²) in [6.07, 6.45) is 0. The van der Waals surface area contributed by atoms with E-state index in [0.717, 1.165) is 0 Å². The van der Waals surface area contributed by atoms with Gasteiger partial charge in [-0.05, 0) is 0 Å². The quantitative estimate of drug-likeness (QED) is 0.277. The first kappa shape index (κ1) is 6.32. The van der Waals surface area contributed by atoms with E-state index < -0.39 is 18.1 Å². The molecular weight excluding hydrogens is 152 g/mol. The van der Waals surface area contributed by atoms with Crippen LogP contribution in [-0.2, 0) is 8.23 Å². The van der Waals surface area contributed by atoms with Crippen molar-refractivity contribution >= 4 is 18.1 Å². The summed E-state index contributed by atoms with van der Waals surface area (Å²) in [6, 6.07) is 0. The van der Waals surface area contributed by atoms with Gasteiger partial charge in [-0.2, -0.15) is 0 Å². The maximum Gasteiger partial charge on any atom is 0.662 e. The molecule has 0 aromatic rings. The van der Waals surface area contributed by atoms with Crippen molar-refractivity contribution in [2.45, 2.75) is 0 Å². The first-order valence-electron chi connectivity index (χ1n) is 1.71. The minimum atomic E-state index is -4.02. The molecule has 1 rings (SSSR count). The first-order chi connectivity index (χ1) is 3.41. The summed E-state index contributed by atoms with van der Waals surface area (Å²) in [4.78, 5) is 32.9. The Hall–Kier alpha value is 0.194. The van der Waals surface area contributed by atoms with Crippen LogP contribution in [0.3, 0.4) is 0 Å². The lowest BCUT2D eigenvalue weighted by Crippen LogP contribution is -2.71. The van der Waals surface area contributed by atoms with Gasteiger partial charge >= 0.3 is 18.1 Å². The minimum Gasteiger partial charge on any atom is -0.368 e. The van der Waals surface area contributed by atoms with Gasteiger partial charge in [-0.25, -0.2) is 0 Å². The van der Waals surface area contributed by atoms with Crippen LogP contribution in [0.25, 0.3) is 0 Å². The molecule has 1 saturated heterocycles. The zero-order valence-electron chi connectivity index (χ0n) is 3.61. The lowest BCUT2D eigenvalue weighted by molar-refractivity contribution is -0.0479. The summed E-state index contributed by atoms with van der Waals surface area (Å²) in [7, 11) is -8.05. The van der Waals surface area contributed by atoms with Crippen LogP contribution in [0.4, 0.5) is 0 Å². The second-order valence-electron chi connectivity index (χ2n) is 1.30. The predicted octanol–water partition coefficient (Wildman–Crippen LogP) is -3.13. The first-order valence-corrected chi connectivity index (χ1v) is 5.13. The van der Waals surface area contributed by atoms with Crippen molar-refractivity contribution < 1.29 is 27.4 Å². The molecular formula is H4O6Si2. The molecule has 0 saturated carbocycles. The molecule has 8 heavy (non-hydrogen) atoms. The molecule has 1 fully saturated rings. The fourth-order valence-electron chi connectivity index (χ4n) is 0.354. The highest BCUT2D eigenvalue weighted by Crippen LogP contribution is 2.20. The van der Waals surface area contributed by atoms with Crippen LogP contribution in [0.1, 0.15) is 0 Å². The maximum atomic E-state index is 8.21. The van der Waals surface area contributed by atoms with Crippen LogP contribution in [-0.4, -0.2) is 37.3 Å². The fraction of sp³-hybridized carbons (Fsp3) is 0. The van der Waals surface area contributed by atoms with E-state index >= 15 is 0 Å². The Bertz CT molecular complexity index is 83.1. The van der Waals surface area contributed by atoms with Crippen molar-refractivity contribution in [2.75, 3.05) is 0 Å². The van der Waals surface area contributed by atoms with Gasteiger partial charge in [0, 0.05) is 0 Å². The zero-order valence-corrected chi connectivity index (χ0v) is 5.61. The van der Waals surface area contributed by atoms with Crippen LogP contribution in [0, 0.1) is 0 Å². The molecule has 0 radical (unpaired) electrons. The summed E-state index contributed by atoms with van der Waals surface area (Å²) in [6.45, 7) is 0. The summed E-state index contributed by atoms with van der Waals surface area (Å²) in [5.74, 6) is 0. The van der Waals surface area contributed by atoms with Crippen LogP contribution in [0.15, 0.2) is 0 Å². The average molecular weight is 156 g/mol. The maximum absolute atomic E-state index is 8.21. The third-order valence-corrected chi connectivity index (χ3v) is 4.79. The minimum absolute atomic E-state index is 3.79. The summed E-state index contributed by atoms with van der Waals surface area (Å²) in [5.41, 5.74) is 0. The van der Waals surface area contributed by atoms with Gasteiger partial charge in [-0.1, -0.05) is 0 Å². The fourth-order valence-corrected chi connectivity index (χ4v) is 3.19. The molecule has 4 N–H and O–H groups in total. The highest BCUT2D eigenvalue weighted by atomic mass is 28.6. The topological polar surface area (TPSA) is 99.4 Å². The van der Waals surface area contributed by atoms with Gasteiger partial charge in [0.05, 0.1) is 0 Å². The molecule has 1 aliphatic heterocycles. The molecule has 0 aliphatic carbocycles. The molecule has 0 atom stereocenters. The molecule has 0 amide bonds. The molecule has 6 nitrogen and oxygen atoms in total. The SMILES string of the molecule is O[Si]1(O)O[Si](O)(O)O1. The van der Waals surface area contributed by atoms with E-state index in [1.165, 1.54) is 0 Å². The van der Waals surface area contributed by atoms with Gasteiger partial charge in [-0.15, -0.1) is 0 Å². The van der Waals surface area contributed by atoms with E-state index in [9.17, 15) is 0 Å². The highest BCUT2D eigenvalue weighted by Gasteiger charge is 2.66. The van der Waals surface area contributed by atoms with Gasteiger partial charge in [0.25, 0.3) is 0 Å². The Kier molecular flexibility index (Phi) is 1.08. The highest BCUT2D eigenvalue weighted by molar-refractivity contribution is 6.79. The molecule has 0 aromatic heterocycles. The van der Waals surface area contributed by atoms with E-state index in [0.29, 0.717) is 0 Å². The van der Waals surface area contributed by atoms with Crippen LogP contribution >= 0.6 is 0 Å². The van der Waals surface area contributed by atoms with Crippen LogP contribution in [0.2, 0.25) is 0 Å². The third kappa shape index (κ3) is 1.12. The predicted molar refractivity (Wildman–Crippen MR) is 22.6 cm³/mol. The monoisotopic (exact) mass is 156 g/mol. The lowest BCUT2D eigenvalue weighted by atomic mass is 15.5. The van der Waals surface area contributed by atoms with Crippen molar-refractivity contribution in [3.05, 3.63) is 0 Å². The Labute approximate surface area is 46.5 Å². The van der Waals surface area contributed by atoms with Crippen molar-refractivity contribution in [3.8, 4) is 0 Å². The van der Waals surface area contributed by atoms with Gasteiger partial charge in [-0.3, -0.25) is 0 Å². The molecule has 8 heteroatoms. The molecule has 1 aliphatic rings. The van der Waals surface area contributed by atoms with E-state index in [-0.39, 0.29) is 0 Å². The molecule has 1 heterocycles. The van der Waals surface area contributed by atoms with Crippen molar-refractivity contribution in [3.63, 3.8) is 0 Å². The lowest BCUT2D eigenvalue weighted by Gasteiger charge is -2.34. The molecule has 0 unspecified atom stereocenters. The van der Waals surface area contributed by atoms with Crippen LogP contribution in [0.5, 0.6) is 0 Å². The smallest absolute Gasteiger partial charge is 0.368 e. The van der Waals surface area contributed by atoms with E-state index in [2.05, 4.69) is 8.23 Å². The van der Waals surface area contributed by atoms with Gasteiger partial charge in [0.15, 0.2) is 0 Å². The Morgan fingerprint density at radius 3 is 1.00 bits per heavy atom. The van der Waals surface area contributed by atoms with E-state index in [1.807, 2.05) is 0 Å². The van der Waals surface area contributed by atoms with E-state index in [1.54, 1.807) is 0 Å². The second-order valence-corrected chi connectivity index (χ2v) is 5.13. The molecule has 48 valence electrons. The average Bonchev–Trinajstić information content (AvgIpc) is 1.20. The summed E-state index contributed by atoms with van der Waals surface area (Å²) in [5, 5.41) is 0. The van der Waals surface area contributed by atoms with Gasteiger partial charge < -0.3 is 27.4 Å². The Morgan fingerprint density at radius 2 is 1.00 bits per heavy atom.